The second kappa shape index (κ2) is 4.55. The second-order valence-corrected chi connectivity index (χ2v) is 8.19. The number of allylic oxidation sites excluding steroid dienone is 1. The van der Waals surface area contributed by atoms with Crippen molar-refractivity contribution in [3.8, 4) is 17.2 Å². The van der Waals surface area contributed by atoms with E-state index in [9.17, 15) is 4.79 Å². The van der Waals surface area contributed by atoms with E-state index in [2.05, 4.69) is 13.8 Å². The molecule has 0 bridgehead atoms. The third-order valence-electron chi connectivity index (χ3n) is 7.04. The van der Waals surface area contributed by atoms with Crippen LogP contribution in [0.1, 0.15) is 38.2 Å². The third kappa shape index (κ3) is 1.52. The van der Waals surface area contributed by atoms with Crippen LogP contribution in [0, 0.1) is 17.3 Å². The Morgan fingerprint density at radius 2 is 1.85 bits per heavy atom. The summed E-state index contributed by atoms with van der Waals surface area (Å²) in [6.45, 7) is 4.83. The lowest BCUT2D eigenvalue weighted by atomic mass is 9.60. The van der Waals surface area contributed by atoms with Crippen molar-refractivity contribution < 1.29 is 28.5 Å². The highest BCUT2D eigenvalue weighted by Gasteiger charge is 2.73. The van der Waals surface area contributed by atoms with E-state index < -0.39 is 11.2 Å². The highest BCUT2D eigenvalue weighted by molar-refractivity contribution is 5.93. The number of benzene rings is 1. The first-order valence-corrected chi connectivity index (χ1v) is 9.18. The van der Waals surface area contributed by atoms with Crippen LogP contribution in [-0.4, -0.2) is 25.2 Å². The van der Waals surface area contributed by atoms with Crippen LogP contribution in [0.3, 0.4) is 0 Å². The van der Waals surface area contributed by atoms with Crippen LogP contribution in [0.2, 0.25) is 0 Å². The first-order chi connectivity index (χ1) is 12.5. The fourth-order valence-corrected chi connectivity index (χ4v) is 5.92. The van der Waals surface area contributed by atoms with E-state index in [-0.39, 0.29) is 25.3 Å². The van der Waals surface area contributed by atoms with E-state index in [0.717, 1.165) is 23.5 Å². The lowest BCUT2D eigenvalue weighted by Crippen LogP contribution is -2.60. The predicted octanol–water partition coefficient (Wildman–Crippen LogP) is 3.11. The molecule has 26 heavy (non-hydrogen) atoms. The summed E-state index contributed by atoms with van der Waals surface area (Å²) < 4.78 is 29.5. The maximum Gasteiger partial charge on any atom is 0.278 e. The van der Waals surface area contributed by atoms with Crippen LogP contribution >= 0.6 is 0 Å². The van der Waals surface area contributed by atoms with Gasteiger partial charge in [-0.2, -0.15) is 0 Å². The fourth-order valence-electron chi connectivity index (χ4n) is 5.92. The van der Waals surface area contributed by atoms with Gasteiger partial charge in [-0.3, -0.25) is 9.53 Å². The highest BCUT2D eigenvalue weighted by atomic mass is 16.8. The van der Waals surface area contributed by atoms with Gasteiger partial charge in [-0.1, -0.05) is 13.8 Å². The molecular weight excluding hydrogens is 336 g/mol. The number of hydrogen-bond acceptors (Lipinski definition) is 6. The van der Waals surface area contributed by atoms with E-state index in [1.54, 1.807) is 6.08 Å². The number of carbonyl (C=O) groups excluding carboxylic acids is 1. The van der Waals surface area contributed by atoms with Crippen LogP contribution in [0.4, 0.5) is 0 Å². The summed E-state index contributed by atoms with van der Waals surface area (Å²) in [5.74, 6) is 2.69. The molecule has 5 unspecified atom stereocenters. The average molecular weight is 356 g/mol. The Labute approximate surface area is 151 Å². The quantitative estimate of drug-likeness (QED) is 0.712. The lowest BCUT2D eigenvalue weighted by molar-refractivity contribution is -0.228. The summed E-state index contributed by atoms with van der Waals surface area (Å²) in [5, 5.41) is 0. The summed E-state index contributed by atoms with van der Waals surface area (Å²) in [4.78, 5) is 12.6. The number of hydrogen-bond donors (Lipinski definition) is 0. The molecule has 0 N–H and O–H groups in total. The average Bonchev–Trinajstić information content (AvgIpc) is 3.26. The van der Waals surface area contributed by atoms with E-state index >= 15 is 0 Å². The van der Waals surface area contributed by atoms with Crippen molar-refractivity contribution in [1.82, 2.24) is 0 Å². The molecule has 6 rings (SSSR count). The van der Waals surface area contributed by atoms with Gasteiger partial charge in [0.25, 0.3) is 5.79 Å². The smallest absolute Gasteiger partial charge is 0.278 e. The van der Waals surface area contributed by atoms with E-state index in [1.807, 2.05) is 12.1 Å². The standard InChI is InChI=1S/C20H20O6/c1-10-6-19-7-12(21)3-17-20(19,25-9-24-17)26-14-5-16-15(22-8-23-16)4-13(14)18(19)11(10)2/h3-5,10-11,18H,6-9H2,1-2H3. The number of fused-ring (bicyclic) bond motifs is 3. The number of ketones is 1. The molecule has 3 heterocycles. The van der Waals surface area contributed by atoms with Gasteiger partial charge in [0, 0.05) is 30.0 Å². The van der Waals surface area contributed by atoms with Crippen LogP contribution in [0.15, 0.2) is 24.0 Å². The Morgan fingerprint density at radius 1 is 1.04 bits per heavy atom. The van der Waals surface area contributed by atoms with Gasteiger partial charge in [-0.15, -0.1) is 0 Å². The minimum atomic E-state index is -1.02. The minimum absolute atomic E-state index is 0.0835. The van der Waals surface area contributed by atoms with Crippen molar-refractivity contribution >= 4 is 5.78 Å². The lowest BCUT2D eigenvalue weighted by Gasteiger charge is -2.53. The molecular formula is C20H20O6. The molecule has 1 aromatic carbocycles. The topological polar surface area (TPSA) is 63.2 Å². The molecule has 1 saturated heterocycles. The predicted molar refractivity (Wildman–Crippen MR) is 88.8 cm³/mol. The van der Waals surface area contributed by atoms with Gasteiger partial charge in [-0.05, 0) is 24.3 Å². The van der Waals surface area contributed by atoms with Crippen LogP contribution in [0.25, 0.3) is 0 Å². The van der Waals surface area contributed by atoms with Crippen LogP contribution < -0.4 is 14.2 Å². The van der Waals surface area contributed by atoms with Crippen molar-refractivity contribution in [2.75, 3.05) is 13.6 Å². The van der Waals surface area contributed by atoms with E-state index in [1.165, 1.54) is 0 Å². The Bertz CT molecular complexity index is 875. The highest BCUT2D eigenvalue weighted by Crippen LogP contribution is 2.71. The van der Waals surface area contributed by atoms with Gasteiger partial charge in [0.15, 0.2) is 29.8 Å². The molecule has 6 heteroatoms. The zero-order valence-corrected chi connectivity index (χ0v) is 14.7. The van der Waals surface area contributed by atoms with E-state index in [4.69, 9.17) is 23.7 Å². The Hall–Kier alpha value is -2.21. The van der Waals surface area contributed by atoms with Crippen molar-refractivity contribution in [2.24, 2.45) is 17.3 Å². The van der Waals surface area contributed by atoms with Crippen LogP contribution in [0.5, 0.6) is 17.2 Å². The zero-order valence-electron chi connectivity index (χ0n) is 14.7. The molecule has 2 fully saturated rings. The Kier molecular flexibility index (Phi) is 2.61. The van der Waals surface area contributed by atoms with Crippen LogP contribution in [-0.2, 0) is 14.3 Å². The molecule has 136 valence electrons. The molecule has 5 aliphatic rings. The van der Waals surface area contributed by atoms with Crippen molar-refractivity contribution in [1.29, 1.82) is 0 Å². The molecule has 0 amide bonds. The number of carbonyl (C=O) groups is 1. The largest absolute Gasteiger partial charge is 0.465 e. The SMILES string of the molecule is CC1CC23CC(=O)C=C4OCOC42Oc2cc4c(cc2C3C1C)OCO4. The molecule has 0 radical (unpaired) electrons. The van der Waals surface area contributed by atoms with Gasteiger partial charge in [0.2, 0.25) is 6.79 Å². The van der Waals surface area contributed by atoms with Gasteiger partial charge in [0.05, 0.1) is 5.41 Å². The molecule has 0 aromatic heterocycles. The second-order valence-electron chi connectivity index (χ2n) is 8.19. The number of rotatable bonds is 0. The van der Waals surface area contributed by atoms with Crippen molar-refractivity contribution in [3.05, 3.63) is 29.5 Å². The molecule has 5 atom stereocenters. The molecule has 1 saturated carbocycles. The van der Waals surface area contributed by atoms with Gasteiger partial charge in [0.1, 0.15) is 5.75 Å². The number of ether oxygens (including phenoxy) is 5. The summed E-state index contributed by atoms with van der Waals surface area (Å²) in [5.41, 5.74) is 0.630. The van der Waals surface area contributed by atoms with Gasteiger partial charge in [-0.25, -0.2) is 0 Å². The maximum absolute atomic E-state index is 12.6. The minimum Gasteiger partial charge on any atom is -0.465 e. The van der Waals surface area contributed by atoms with Crippen molar-refractivity contribution in [2.45, 2.75) is 38.4 Å². The first-order valence-electron chi connectivity index (χ1n) is 9.18. The normalized spacial score (nSPS) is 41.4. The van der Waals surface area contributed by atoms with Gasteiger partial charge >= 0.3 is 0 Å². The molecule has 1 aromatic rings. The summed E-state index contributed by atoms with van der Waals surface area (Å²) in [7, 11) is 0. The summed E-state index contributed by atoms with van der Waals surface area (Å²) in [6.07, 6.45) is 2.83. The third-order valence-corrected chi connectivity index (χ3v) is 7.04. The molecule has 3 aliphatic heterocycles. The summed E-state index contributed by atoms with van der Waals surface area (Å²) in [6, 6.07) is 3.92. The summed E-state index contributed by atoms with van der Waals surface area (Å²) >= 11 is 0. The van der Waals surface area contributed by atoms with Crippen molar-refractivity contribution in [3.63, 3.8) is 0 Å². The molecule has 6 nitrogen and oxygen atoms in total. The zero-order chi connectivity index (χ0) is 17.7. The van der Waals surface area contributed by atoms with E-state index in [0.29, 0.717) is 29.8 Å². The molecule has 2 aliphatic carbocycles. The maximum atomic E-state index is 12.6. The monoisotopic (exact) mass is 356 g/mol. The Morgan fingerprint density at radius 3 is 2.69 bits per heavy atom. The fraction of sp³-hybridized carbons (Fsp3) is 0.550. The van der Waals surface area contributed by atoms with Gasteiger partial charge < -0.3 is 18.9 Å². The first kappa shape index (κ1) is 14.9. The molecule has 2 spiro atoms. The Balaban J connectivity index is 1.64.